The largest absolute Gasteiger partial charge is 0.476 e. The third-order valence-corrected chi connectivity index (χ3v) is 3.51. The van der Waals surface area contributed by atoms with Gasteiger partial charge in [0, 0.05) is 3.57 Å². The SMILES string of the molecule is CCCOc1nc(Nc2ccc(I)cc2Cl)ccc1N. The number of rotatable bonds is 5. The molecule has 0 bridgehead atoms. The van der Waals surface area contributed by atoms with Crippen molar-refractivity contribution in [2.75, 3.05) is 17.7 Å². The lowest BCUT2D eigenvalue weighted by molar-refractivity contribution is 0.307. The Bertz CT molecular complexity index is 607. The molecule has 2 aromatic rings. The summed E-state index contributed by atoms with van der Waals surface area (Å²) < 4.78 is 6.58. The molecule has 0 spiro atoms. The molecule has 3 N–H and O–H groups in total. The van der Waals surface area contributed by atoms with Crippen molar-refractivity contribution < 1.29 is 4.74 Å². The first kappa shape index (κ1) is 15.2. The van der Waals surface area contributed by atoms with Crippen LogP contribution in [0.2, 0.25) is 5.02 Å². The van der Waals surface area contributed by atoms with E-state index in [1.165, 1.54) is 0 Å². The molecule has 6 heteroatoms. The molecule has 1 heterocycles. The number of nitrogens with zero attached hydrogens (tertiary/aromatic N) is 1. The summed E-state index contributed by atoms with van der Waals surface area (Å²) >= 11 is 8.40. The van der Waals surface area contributed by atoms with E-state index in [0.717, 1.165) is 15.7 Å². The minimum absolute atomic E-state index is 0.443. The van der Waals surface area contributed by atoms with Crippen molar-refractivity contribution in [3.8, 4) is 5.88 Å². The van der Waals surface area contributed by atoms with Gasteiger partial charge in [-0.15, -0.1) is 0 Å². The number of hydrogen-bond acceptors (Lipinski definition) is 4. The number of nitrogens with two attached hydrogens (primary N) is 1. The highest BCUT2D eigenvalue weighted by molar-refractivity contribution is 14.1. The zero-order chi connectivity index (χ0) is 14.5. The monoisotopic (exact) mass is 403 g/mol. The Labute approximate surface area is 136 Å². The summed E-state index contributed by atoms with van der Waals surface area (Å²) in [6.45, 7) is 2.62. The zero-order valence-corrected chi connectivity index (χ0v) is 13.9. The summed E-state index contributed by atoms with van der Waals surface area (Å²) in [6, 6.07) is 9.33. The predicted octanol–water partition coefficient (Wildman–Crippen LogP) is 4.45. The van der Waals surface area contributed by atoms with Gasteiger partial charge in [-0.3, -0.25) is 0 Å². The van der Waals surface area contributed by atoms with Crippen molar-refractivity contribution in [1.29, 1.82) is 0 Å². The highest BCUT2D eigenvalue weighted by Crippen LogP contribution is 2.28. The van der Waals surface area contributed by atoms with Gasteiger partial charge in [0.15, 0.2) is 0 Å². The molecule has 1 aromatic carbocycles. The molecule has 4 nitrogen and oxygen atoms in total. The molecule has 0 aliphatic carbocycles. The first-order valence-electron chi connectivity index (χ1n) is 6.21. The van der Waals surface area contributed by atoms with Crippen LogP contribution in [0.5, 0.6) is 5.88 Å². The van der Waals surface area contributed by atoms with Crippen molar-refractivity contribution in [2.45, 2.75) is 13.3 Å². The molecule has 0 aliphatic rings. The van der Waals surface area contributed by atoms with Crippen molar-refractivity contribution >= 4 is 51.4 Å². The third kappa shape index (κ3) is 3.89. The Morgan fingerprint density at radius 3 is 2.85 bits per heavy atom. The molecule has 0 saturated carbocycles. The van der Waals surface area contributed by atoms with Crippen LogP contribution in [-0.2, 0) is 0 Å². The van der Waals surface area contributed by atoms with Crippen LogP contribution in [0.3, 0.4) is 0 Å². The number of hydrogen-bond donors (Lipinski definition) is 2. The number of ether oxygens (including phenoxy) is 1. The van der Waals surface area contributed by atoms with Gasteiger partial charge >= 0.3 is 0 Å². The Morgan fingerprint density at radius 1 is 1.35 bits per heavy atom. The van der Waals surface area contributed by atoms with E-state index in [0.29, 0.717) is 29.0 Å². The van der Waals surface area contributed by atoms with Crippen LogP contribution in [0, 0.1) is 3.57 Å². The molecule has 2 rings (SSSR count). The van der Waals surface area contributed by atoms with Gasteiger partial charge in [-0.25, -0.2) is 0 Å². The average Bonchev–Trinajstić information content (AvgIpc) is 2.42. The minimum atomic E-state index is 0.443. The molecule has 0 radical (unpaired) electrons. The second-order valence-corrected chi connectivity index (χ2v) is 5.84. The number of pyridine rings is 1. The maximum atomic E-state index is 6.18. The quantitative estimate of drug-likeness (QED) is 0.724. The van der Waals surface area contributed by atoms with E-state index < -0.39 is 0 Å². The Balaban J connectivity index is 2.20. The number of benzene rings is 1. The summed E-state index contributed by atoms with van der Waals surface area (Å²) in [5, 5.41) is 3.81. The van der Waals surface area contributed by atoms with Crippen LogP contribution in [0.25, 0.3) is 0 Å². The van der Waals surface area contributed by atoms with E-state index in [9.17, 15) is 0 Å². The second-order valence-electron chi connectivity index (χ2n) is 4.19. The summed E-state index contributed by atoms with van der Waals surface area (Å²) in [4.78, 5) is 4.35. The number of anilines is 3. The average molecular weight is 404 g/mol. The van der Waals surface area contributed by atoms with Gasteiger partial charge < -0.3 is 15.8 Å². The maximum Gasteiger partial charge on any atom is 0.239 e. The molecule has 0 saturated heterocycles. The normalized spacial score (nSPS) is 10.3. The molecular formula is C14H15ClIN3O. The predicted molar refractivity (Wildman–Crippen MR) is 91.9 cm³/mol. The highest BCUT2D eigenvalue weighted by atomic mass is 127. The number of halogens is 2. The van der Waals surface area contributed by atoms with Gasteiger partial charge in [0.1, 0.15) is 5.82 Å². The Kier molecular flexibility index (Phi) is 5.31. The van der Waals surface area contributed by atoms with Gasteiger partial charge in [-0.1, -0.05) is 18.5 Å². The van der Waals surface area contributed by atoms with Crippen LogP contribution < -0.4 is 15.8 Å². The van der Waals surface area contributed by atoms with Gasteiger partial charge in [0.05, 0.1) is 23.0 Å². The van der Waals surface area contributed by atoms with Crippen LogP contribution in [0.15, 0.2) is 30.3 Å². The van der Waals surface area contributed by atoms with E-state index >= 15 is 0 Å². The zero-order valence-electron chi connectivity index (χ0n) is 11.0. The second kappa shape index (κ2) is 6.99. The Morgan fingerprint density at radius 2 is 2.15 bits per heavy atom. The molecule has 0 atom stereocenters. The molecule has 0 aliphatic heterocycles. The molecule has 1 aromatic heterocycles. The summed E-state index contributed by atoms with van der Waals surface area (Å²) in [5.41, 5.74) is 7.15. The summed E-state index contributed by atoms with van der Waals surface area (Å²) in [7, 11) is 0. The topological polar surface area (TPSA) is 60.2 Å². The molecule has 0 unspecified atom stereocenters. The summed E-state index contributed by atoms with van der Waals surface area (Å²) in [6.07, 6.45) is 0.904. The van der Waals surface area contributed by atoms with Crippen molar-refractivity contribution in [2.24, 2.45) is 0 Å². The van der Waals surface area contributed by atoms with E-state index in [2.05, 4.69) is 32.9 Å². The van der Waals surface area contributed by atoms with Gasteiger partial charge in [-0.2, -0.15) is 4.98 Å². The lowest BCUT2D eigenvalue weighted by Crippen LogP contribution is -2.03. The third-order valence-electron chi connectivity index (χ3n) is 2.53. The number of nitrogen functional groups attached to an aromatic ring is 1. The van der Waals surface area contributed by atoms with E-state index in [1.807, 2.05) is 25.1 Å². The smallest absolute Gasteiger partial charge is 0.239 e. The van der Waals surface area contributed by atoms with E-state index in [1.54, 1.807) is 12.1 Å². The van der Waals surface area contributed by atoms with Crippen molar-refractivity contribution in [3.05, 3.63) is 38.9 Å². The summed E-state index contributed by atoms with van der Waals surface area (Å²) in [5.74, 6) is 1.09. The van der Waals surface area contributed by atoms with Crippen LogP contribution >= 0.6 is 34.2 Å². The van der Waals surface area contributed by atoms with Crippen LogP contribution in [0.1, 0.15) is 13.3 Å². The highest BCUT2D eigenvalue weighted by Gasteiger charge is 2.06. The van der Waals surface area contributed by atoms with Crippen LogP contribution in [-0.4, -0.2) is 11.6 Å². The van der Waals surface area contributed by atoms with E-state index in [-0.39, 0.29) is 0 Å². The molecule has 20 heavy (non-hydrogen) atoms. The van der Waals surface area contributed by atoms with Crippen LogP contribution in [0.4, 0.5) is 17.2 Å². The molecule has 0 fully saturated rings. The molecule has 106 valence electrons. The Hall–Kier alpha value is -1.21. The first-order chi connectivity index (χ1) is 9.60. The fourth-order valence-corrected chi connectivity index (χ4v) is 2.47. The number of aromatic nitrogens is 1. The first-order valence-corrected chi connectivity index (χ1v) is 7.67. The molecular weight excluding hydrogens is 389 g/mol. The minimum Gasteiger partial charge on any atom is -0.476 e. The van der Waals surface area contributed by atoms with Gasteiger partial charge in [0.2, 0.25) is 5.88 Å². The lowest BCUT2D eigenvalue weighted by atomic mass is 10.3. The van der Waals surface area contributed by atoms with Gasteiger partial charge in [0.25, 0.3) is 0 Å². The van der Waals surface area contributed by atoms with Crippen molar-refractivity contribution in [1.82, 2.24) is 4.98 Å². The molecule has 0 amide bonds. The fraction of sp³-hybridized carbons (Fsp3) is 0.214. The lowest BCUT2D eigenvalue weighted by Gasteiger charge is -2.11. The van der Waals surface area contributed by atoms with Gasteiger partial charge in [-0.05, 0) is 59.3 Å². The van der Waals surface area contributed by atoms with E-state index in [4.69, 9.17) is 22.1 Å². The number of nitrogens with one attached hydrogen (secondary N) is 1. The fourth-order valence-electron chi connectivity index (χ4n) is 1.56. The maximum absolute atomic E-state index is 6.18. The standard InChI is InChI=1S/C14H15ClIN3O/c1-2-7-20-14-11(17)4-6-13(19-14)18-12-5-3-9(16)8-10(12)15/h3-6,8H,2,7,17H2,1H3,(H,18,19). The van der Waals surface area contributed by atoms with Crippen molar-refractivity contribution in [3.63, 3.8) is 0 Å².